The van der Waals surface area contributed by atoms with Crippen molar-refractivity contribution >= 4 is 9.08 Å². The van der Waals surface area contributed by atoms with Crippen LogP contribution in [0.25, 0.3) is 0 Å². The monoisotopic (exact) mass is 263 g/mol. The molecule has 1 aromatic carbocycles. The predicted molar refractivity (Wildman–Crippen MR) is 62.7 cm³/mol. The van der Waals surface area contributed by atoms with Gasteiger partial charge in [-0.15, -0.1) is 0 Å². The zero-order chi connectivity index (χ0) is 12.7. The first-order valence-corrected chi connectivity index (χ1v) is 7.17. The lowest BCUT2D eigenvalue weighted by Crippen LogP contribution is -2.40. The van der Waals surface area contributed by atoms with Crippen LogP contribution < -0.4 is 0 Å². The molecule has 0 amide bonds. The van der Waals surface area contributed by atoms with Gasteiger partial charge in [0, 0.05) is 13.7 Å². The highest BCUT2D eigenvalue weighted by Gasteiger charge is 2.38. The maximum absolute atomic E-state index is 12.4. The molecule has 0 aliphatic rings. The van der Waals surface area contributed by atoms with Gasteiger partial charge in [-0.1, -0.05) is 30.3 Å². The van der Waals surface area contributed by atoms with Crippen molar-refractivity contribution in [2.75, 3.05) is 26.6 Å². The van der Waals surface area contributed by atoms with Crippen molar-refractivity contribution in [3.63, 3.8) is 0 Å². The molecular formula is C11H16F3NOSi. The Hall–Kier alpha value is -0.853. The number of rotatable bonds is 7. The summed E-state index contributed by atoms with van der Waals surface area (Å²) in [5, 5.41) is 0. The molecule has 1 rings (SSSR count). The fourth-order valence-corrected chi connectivity index (χ4v) is 2.31. The minimum atomic E-state index is -5.55. The van der Waals surface area contributed by atoms with Crippen molar-refractivity contribution in [2.24, 2.45) is 0 Å². The zero-order valence-corrected chi connectivity index (χ0v) is 10.7. The molecule has 0 aromatic heterocycles. The summed E-state index contributed by atoms with van der Waals surface area (Å²) in [4.78, 5) is 1.30. The van der Waals surface area contributed by atoms with Gasteiger partial charge < -0.3 is 4.74 Å². The Bertz CT molecular complexity index is 318. The van der Waals surface area contributed by atoms with Crippen LogP contribution in [0.5, 0.6) is 0 Å². The van der Waals surface area contributed by atoms with E-state index >= 15 is 0 Å². The Morgan fingerprint density at radius 3 is 2.35 bits per heavy atom. The zero-order valence-electron chi connectivity index (χ0n) is 9.70. The molecule has 1 aromatic rings. The third kappa shape index (κ3) is 6.45. The number of ether oxygens (including phenoxy) is 1. The molecule has 0 atom stereocenters. The number of halogens is 3. The minimum Gasteiger partial charge on any atom is -0.369 e. The predicted octanol–water partition coefficient (Wildman–Crippen LogP) is 2.52. The van der Waals surface area contributed by atoms with Gasteiger partial charge in [0.2, 0.25) is 0 Å². The van der Waals surface area contributed by atoms with E-state index < -0.39 is 15.2 Å². The summed E-state index contributed by atoms with van der Waals surface area (Å²) >= 11 is 0. The van der Waals surface area contributed by atoms with Gasteiger partial charge in [0.1, 0.15) is 0 Å². The number of methoxy groups -OCH3 is 1. The van der Waals surface area contributed by atoms with E-state index in [2.05, 4.69) is 0 Å². The van der Waals surface area contributed by atoms with Crippen LogP contribution in [-0.4, -0.2) is 40.5 Å². The molecule has 17 heavy (non-hydrogen) atoms. The molecule has 6 heteroatoms. The lowest BCUT2D eigenvalue weighted by molar-refractivity contribution is 0.0701. The van der Waals surface area contributed by atoms with Crippen LogP contribution in [0.2, 0.25) is 0 Å². The van der Waals surface area contributed by atoms with Gasteiger partial charge in [0.25, 0.3) is 0 Å². The molecule has 96 valence electrons. The van der Waals surface area contributed by atoms with Gasteiger partial charge in [0.15, 0.2) is 0 Å². The summed E-state index contributed by atoms with van der Waals surface area (Å²) in [6, 6.07) is 9.48. The molecule has 0 aliphatic heterocycles. The van der Waals surface area contributed by atoms with Crippen LogP contribution >= 0.6 is 0 Å². The first kappa shape index (κ1) is 14.2. The summed E-state index contributed by atoms with van der Waals surface area (Å²) in [6.07, 6.45) is -0.192. The molecule has 0 fully saturated rings. The van der Waals surface area contributed by atoms with E-state index in [-0.39, 0.29) is 6.73 Å². The molecule has 0 aliphatic carbocycles. The largest absolute Gasteiger partial charge is 0.631 e. The number of hydrogen-bond acceptors (Lipinski definition) is 2. The molecule has 0 saturated carbocycles. The second-order valence-corrected chi connectivity index (χ2v) is 5.37. The maximum atomic E-state index is 12.4. The third-order valence-electron chi connectivity index (χ3n) is 2.27. The van der Waals surface area contributed by atoms with Gasteiger partial charge in [-0.3, -0.25) is 4.90 Å². The fraction of sp³-hybridized carbons (Fsp3) is 0.455. The highest BCUT2D eigenvalue weighted by Crippen LogP contribution is 2.11. The molecule has 0 N–H and O–H groups in total. The van der Waals surface area contributed by atoms with Crippen molar-refractivity contribution < 1.29 is 17.1 Å². The van der Waals surface area contributed by atoms with Crippen molar-refractivity contribution in [2.45, 2.75) is 6.42 Å². The lowest BCUT2D eigenvalue weighted by atomic mass is 10.1. The van der Waals surface area contributed by atoms with Gasteiger partial charge >= 0.3 is 9.08 Å². The van der Waals surface area contributed by atoms with E-state index in [1.54, 1.807) is 0 Å². The van der Waals surface area contributed by atoms with Gasteiger partial charge in [-0.25, -0.2) is 12.3 Å². The number of benzene rings is 1. The molecule has 0 radical (unpaired) electrons. The standard InChI is InChI=1S/C11H16F3NOSi/c1-16-9-15(10-17(12,13)14)8-7-11-5-3-2-4-6-11/h2-6H,7-10H2,1H3. The third-order valence-corrected chi connectivity index (χ3v) is 3.08. The summed E-state index contributed by atoms with van der Waals surface area (Å²) in [7, 11) is -4.14. The Labute approximate surface area is 101 Å². The quantitative estimate of drug-likeness (QED) is 0.426. The van der Waals surface area contributed by atoms with Crippen LogP contribution in [0.4, 0.5) is 12.3 Å². The minimum absolute atomic E-state index is 0.0271. The summed E-state index contributed by atoms with van der Waals surface area (Å²) in [5.41, 5.74) is 1.04. The Balaban J connectivity index is 2.44. The van der Waals surface area contributed by atoms with Crippen LogP contribution in [0.1, 0.15) is 5.56 Å². The van der Waals surface area contributed by atoms with E-state index in [9.17, 15) is 12.3 Å². The molecule has 0 spiro atoms. The van der Waals surface area contributed by atoms with Crippen LogP contribution in [0, 0.1) is 0 Å². The molecule has 0 saturated heterocycles. The molecular weight excluding hydrogens is 247 g/mol. The molecule has 0 unspecified atom stereocenters. The van der Waals surface area contributed by atoms with Crippen LogP contribution in [0.3, 0.4) is 0 Å². The maximum Gasteiger partial charge on any atom is 0.631 e. The topological polar surface area (TPSA) is 12.5 Å². The lowest BCUT2D eigenvalue weighted by Gasteiger charge is -2.21. The van der Waals surface area contributed by atoms with E-state index in [0.29, 0.717) is 13.0 Å². The highest BCUT2D eigenvalue weighted by molar-refractivity contribution is 6.58. The van der Waals surface area contributed by atoms with E-state index in [4.69, 9.17) is 4.74 Å². The molecule has 0 heterocycles. The SMILES string of the molecule is COCN(CCc1ccccc1)C[Si](F)(F)F. The summed E-state index contributed by atoms with van der Waals surface area (Å²) in [5.74, 6) is 0. The van der Waals surface area contributed by atoms with E-state index in [0.717, 1.165) is 5.56 Å². The van der Waals surface area contributed by atoms with E-state index in [1.807, 2.05) is 30.3 Å². The van der Waals surface area contributed by atoms with Crippen LogP contribution in [-0.2, 0) is 11.2 Å². The van der Waals surface area contributed by atoms with Gasteiger partial charge in [-0.05, 0) is 12.0 Å². The second kappa shape index (κ2) is 6.78. The normalized spacial score (nSPS) is 12.1. The first-order valence-electron chi connectivity index (χ1n) is 5.33. The molecule has 0 bridgehead atoms. The molecule has 2 nitrogen and oxygen atoms in total. The number of hydrogen-bond donors (Lipinski definition) is 0. The van der Waals surface area contributed by atoms with Crippen molar-refractivity contribution in [1.29, 1.82) is 0 Å². The van der Waals surface area contributed by atoms with Gasteiger partial charge in [0.05, 0.1) is 12.9 Å². The summed E-state index contributed by atoms with van der Waals surface area (Å²) in [6.45, 7) is 0.393. The summed E-state index contributed by atoms with van der Waals surface area (Å²) < 4.78 is 42.0. The van der Waals surface area contributed by atoms with Crippen LogP contribution in [0.15, 0.2) is 30.3 Å². The second-order valence-electron chi connectivity index (χ2n) is 3.82. The van der Waals surface area contributed by atoms with Crippen molar-refractivity contribution in [3.05, 3.63) is 35.9 Å². The highest BCUT2D eigenvalue weighted by atomic mass is 28.5. The Kier molecular flexibility index (Phi) is 5.67. The van der Waals surface area contributed by atoms with E-state index in [1.165, 1.54) is 12.0 Å². The Morgan fingerprint density at radius 2 is 1.82 bits per heavy atom. The van der Waals surface area contributed by atoms with Gasteiger partial charge in [-0.2, -0.15) is 0 Å². The first-order chi connectivity index (χ1) is 8.01. The van der Waals surface area contributed by atoms with Crippen molar-refractivity contribution in [1.82, 2.24) is 4.90 Å². The average Bonchev–Trinajstić information content (AvgIpc) is 2.26. The Morgan fingerprint density at radius 1 is 1.18 bits per heavy atom. The number of nitrogens with zero attached hydrogens (tertiary/aromatic N) is 1. The fourth-order valence-electron chi connectivity index (χ4n) is 1.56. The van der Waals surface area contributed by atoms with Crippen molar-refractivity contribution in [3.8, 4) is 0 Å². The smallest absolute Gasteiger partial charge is 0.369 e. The average molecular weight is 263 g/mol.